The average molecular weight is 255 g/mol. The van der Waals surface area contributed by atoms with E-state index in [2.05, 4.69) is 5.32 Å². The fraction of sp³-hybridized carbons (Fsp3) is 0.462. The lowest BCUT2D eigenvalue weighted by Crippen LogP contribution is -2.37. The molecule has 0 aliphatic carbocycles. The zero-order chi connectivity index (χ0) is 13.7. The molecular formula is C13H18FNO3. The molecule has 0 saturated heterocycles. The van der Waals surface area contributed by atoms with Crippen LogP contribution in [0, 0.1) is 11.7 Å². The Bertz CT molecular complexity index is 421. The van der Waals surface area contributed by atoms with Crippen LogP contribution in [0.2, 0.25) is 0 Å². The Labute approximate surface area is 105 Å². The van der Waals surface area contributed by atoms with Crippen molar-refractivity contribution >= 4 is 5.97 Å². The van der Waals surface area contributed by atoms with Gasteiger partial charge in [-0.05, 0) is 30.5 Å². The van der Waals surface area contributed by atoms with Gasteiger partial charge in [-0.1, -0.05) is 13.8 Å². The number of carboxylic acids is 1. The topological polar surface area (TPSA) is 69.6 Å². The molecule has 3 N–H and O–H groups in total. The molecule has 4 nitrogen and oxygen atoms in total. The minimum Gasteiger partial charge on any atom is -0.508 e. The summed E-state index contributed by atoms with van der Waals surface area (Å²) in [7, 11) is 0. The number of aromatic hydroxyl groups is 1. The van der Waals surface area contributed by atoms with Crippen LogP contribution >= 0.6 is 0 Å². The Morgan fingerprint density at radius 3 is 2.67 bits per heavy atom. The summed E-state index contributed by atoms with van der Waals surface area (Å²) in [6.07, 6.45) is 0.478. The molecule has 1 rings (SSSR count). The van der Waals surface area contributed by atoms with Gasteiger partial charge >= 0.3 is 5.97 Å². The number of carbonyl (C=O) groups is 1. The van der Waals surface area contributed by atoms with Crippen molar-refractivity contribution in [1.82, 2.24) is 5.32 Å². The molecule has 1 aromatic rings. The van der Waals surface area contributed by atoms with Gasteiger partial charge in [0, 0.05) is 12.1 Å². The van der Waals surface area contributed by atoms with Crippen molar-refractivity contribution in [2.75, 3.05) is 0 Å². The number of nitrogens with one attached hydrogen (secondary N) is 1. The number of phenols is 1. The third-order valence-electron chi connectivity index (χ3n) is 2.59. The quantitative estimate of drug-likeness (QED) is 0.728. The number of hydrogen-bond donors (Lipinski definition) is 3. The number of aliphatic carboxylic acids is 1. The summed E-state index contributed by atoms with van der Waals surface area (Å²) in [6.45, 7) is 3.97. The standard InChI is InChI=1S/C13H18FNO3/c1-8(2)5-11(13(17)18)15-7-9-6-10(14)3-4-12(9)16/h3-4,6,8,11,15-16H,5,7H2,1-2H3,(H,17,18). The molecule has 0 saturated carbocycles. The summed E-state index contributed by atoms with van der Waals surface area (Å²) < 4.78 is 13.0. The van der Waals surface area contributed by atoms with E-state index >= 15 is 0 Å². The van der Waals surface area contributed by atoms with Crippen molar-refractivity contribution in [2.24, 2.45) is 5.92 Å². The van der Waals surface area contributed by atoms with Gasteiger partial charge in [0.05, 0.1) is 0 Å². The predicted octanol–water partition coefficient (Wildman–Crippen LogP) is 2.12. The molecule has 1 unspecified atom stereocenters. The number of phenolic OH excluding ortho intramolecular Hbond substituents is 1. The van der Waals surface area contributed by atoms with E-state index in [4.69, 9.17) is 5.11 Å². The second kappa shape index (κ2) is 6.35. The Hall–Kier alpha value is -1.62. The van der Waals surface area contributed by atoms with E-state index < -0.39 is 17.8 Å². The number of carboxylic acid groups (broad SMARTS) is 1. The fourth-order valence-corrected chi connectivity index (χ4v) is 1.67. The molecule has 0 spiro atoms. The first-order chi connectivity index (χ1) is 8.40. The van der Waals surface area contributed by atoms with Crippen LogP contribution in [0.4, 0.5) is 4.39 Å². The molecule has 1 atom stereocenters. The van der Waals surface area contributed by atoms with Gasteiger partial charge in [0.15, 0.2) is 0 Å². The normalized spacial score (nSPS) is 12.7. The lowest BCUT2D eigenvalue weighted by atomic mass is 10.0. The van der Waals surface area contributed by atoms with E-state index in [-0.39, 0.29) is 18.2 Å². The maximum absolute atomic E-state index is 13.0. The molecule has 18 heavy (non-hydrogen) atoms. The predicted molar refractivity (Wildman–Crippen MR) is 65.8 cm³/mol. The second-order valence-corrected chi connectivity index (χ2v) is 4.67. The van der Waals surface area contributed by atoms with Crippen molar-refractivity contribution in [1.29, 1.82) is 0 Å². The number of hydrogen-bond acceptors (Lipinski definition) is 3. The van der Waals surface area contributed by atoms with Gasteiger partial charge in [-0.2, -0.15) is 0 Å². The summed E-state index contributed by atoms with van der Waals surface area (Å²) in [5.74, 6) is -1.21. The first-order valence-corrected chi connectivity index (χ1v) is 5.83. The highest BCUT2D eigenvalue weighted by Crippen LogP contribution is 2.18. The highest BCUT2D eigenvalue weighted by Gasteiger charge is 2.18. The Kier molecular flexibility index (Phi) is 5.09. The number of rotatable bonds is 6. The number of halogens is 1. The Morgan fingerprint density at radius 1 is 1.44 bits per heavy atom. The molecule has 1 aromatic carbocycles. The zero-order valence-electron chi connectivity index (χ0n) is 10.5. The highest BCUT2D eigenvalue weighted by molar-refractivity contribution is 5.73. The first-order valence-electron chi connectivity index (χ1n) is 5.83. The van der Waals surface area contributed by atoms with Gasteiger partial charge < -0.3 is 15.5 Å². The summed E-state index contributed by atoms with van der Waals surface area (Å²) in [5, 5.41) is 21.3. The SMILES string of the molecule is CC(C)CC(NCc1cc(F)ccc1O)C(=O)O. The van der Waals surface area contributed by atoms with E-state index in [1.165, 1.54) is 12.1 Å². The van der Waals surface area contributed by atoms with Crippen LogP contribution in [0.15, 0.2) is 18.2 Å². The molecule has 0 amide bonds. The molecular weight excluding hydrogens is 237 g/mol. The highest BCUT2D eigenvalue weighted by atomic mass is 19.1. The third-order valence-corrected chi connectivity index (χ3v) is 2.59. The largest absolute Gasteiger partial charge is 0.508 e. The lowest BCUT2D eigenvalue weighted by Gasteiger charge is -2.16. The second-order valence-electron chi connectivity index (χ2n) is 4.67. The zero-order valence-corrected chi connectivity index (χ0v) is 10.5. The summed E-state index contributed by atoms with van der Waals surface area (Å²) in [5.41, 5.74) is 0.352. The van der Waals surface area contributed by atoms with Crippen LogP contribution in [0.25, 0.3) is 0 Å². The van der Waals surface area contributed by atoms with Gasteiger partial charge in [-0.15, -0.1) is 0 Å². The van der Waals surface area contributed by atoms with Crippen LogP contribution in [-0.4, -0.2) is 22.2 Å². The smallest absolute Gasteiger partial charge is 0.320 e. The van der Waals surface area contributed by atoms with Crippen LogP contribution in [0.3, 0.4) is 0 Å². The van der Waals surface area contributed by atoms with Crippen molar-refractivity contribution in [3.63, 3.8) is 0 Å². The third kappa shape index (κ3) is 4.33. The van der Waals surface area contributed by atoms with Crippen molar-refractivity contribution in [3.8, 4) is 5.75 Å². The number of benzene rings is 1. The molecule has 5 heteroatoms. The minimum atomic E-state index is -0.945. The van der Waals surface area contributed by atoms with Gasteiger partial charge in [-0.25, -0.2) is 4.39 Å². The van der Waals surface area contributed by atoms with Crippen LogP contribution in [-0.2, 0) is 11.3 Å². The minimum absolute atomic E-state index is 0.0439. The van der Waals surface area contributed by atoms with Gasteiger partial charge in [0.25, 0.3) is 0 Å². The first kappa shape index (κ1) is 14.4. The Morgan fingerprint density at radius 2 is 2.11 bits per heavy atom. The molecule has 0 fully saturated rings. The van der Waals surface area contributed by atoms with E-state index in [9.17, 15) is 14.3 Å². The van der Waals surface area contributed by atoms with Crippen LogP contribution in [0.1, 0.15) is 25.8 Å². The van der Waals surface area contributed by atoms with Crippen molar-refractivity contribution in [2.45, 2.75) is 32.9 Å². The van der Waals surface area contributed by atoms with Crippen LogP contribution in [0.5, 0.6) is 5.75 Å². The molecule has 0 aliphatic rings. The summed E-state index contributed by atoms with van der Waals surface area (Å²) in [6, 6.07) is 2.90. The molecule has 0 radical (unpaired) electrons. The van der Waals surface area contributed by atoms with Crippen LogP contribution < -0.4 is 5.32 Å². The van der Waals surface area contributed by atoms with Crippen molar-refractivity contribution < 1.29 is 19.4 Å². The molecule has 100 valence electrons. The molecule has 0 aliphatic heterocycles. The molecule has 0 heterocycles. The van der Waals surface area contributed by atoms with E-state index in [1.54, 1.807) is 0 Å². The monoisotopic (exact) mass is 255 g/mol. The molecule has 0 bridgehead atoms. The fourth-order valence-electron chi connectivity index (χ4n) is 1.67. The van der Waals surface area contributed by atoms with E-state index in [1.807, 2.05) is 13.8 Å². The van der Waals surface area contributed by atoms with Crippen molar-refractivity contribution in [3.05, 3.63) is 29.6 Å². The summed E-state index contributed by atoms with van der Waals surface area (Å²) >= 11 is 0. The molecule has 0 aromatic heterocycles. The average Bonchev–Trinajstić information content (AvgIpc) is 2.27. The summed E-state index contributed by atoms with van der Waals surface area (Å²) in [4.78, 5) is 11.0. The van der Waals surface area contributed by atoms with Gasteiger partial charge in [0.2, 0.25) is 0 Å². The van der Waals surface area contributed by atoms with E-state index in [0.29, 0.717) is 12.0 Å². The van der Waals surface area contributed by atoms with Gasteiger partial charge in [0.1, 0.15) is 17.6 Å². The Balaban J connectivity index is 2.66. The lowest BCUT2D eigenvalue weighted by molar-refractivity contribution is -0.140. The van der Waals surface area contributed by atoms with E-state index in [0.717, 1.165) is 6.07 Å². The maximum atomic E-state index is 13.0. The van der Waals surface area contributed by atoms with Gasteiger partial charge in [-0.3, -0.25) is 4.79 Å². The maximum Gasteiger partial charge on any atom is 0.320 e.